The van der Waals surface area contributed by atoms with Gasteiger partial charge in [-0.25, -0.2) is 8.78 Å². The van der Waals surface area contributed by atoms with Gasteiger partial charge in [0.05, 0.1) is 10.6 Å². The van der Waals surface area contributed by atoms with Crippen LogP contribution in [0.3, 0.4) is 0 Å². The molecular formula is C23H15ClF2O3. The molecule has 0 atom stereocenters. The lowest BCUT2D eigenvalue weighted by atomic mass is 10.1. The van der Waals surface area contributed by atoms with E-state index in [2.05, 4.69) is 0 Å². The van der Waals surface area contributed by atoms with Gasteiger partial charge in [0.25, 0.3) is 0 Å². The number of allylic oxidation sites excluding steroid dienone is 1. The average molecular weight is 413 g/mol. The van der Waals surface area contributed by atoms with Crippen molar-refractivity contribution in [2.45, 2.75) is 13.5 Å². The number of ether oxygens (including phenoxy) is 2. The molecule has 3 nitrogen and oxygen atoms in total. The number of carbonyl (C=O) groups excluding carboxylic acids is 1. The Morgan fingerprint density at radius 3 is 2.48 bits per heavy atom. The molecule has 0 bridgehead atoms. The van der Waals surface area contributed by atoms with E-state index in [1.807, 2.05) is 0 Å². The van der Waals surface area contributed by atoms with Crippen LogP contribution in [-0.4, -0.2) is 5.78 Å². The molecule has 1 aliphatic heterocycles. The molecule has 146 valence electrons. The van der Waals surface area contributed by atoms with Crippen molar-refractivity contribution in [1.82, 2.24) is 0 Å². The number of hydrogen-bond acceptors (Lipinski definition) is 3. The van der Waals surface area contributed by atoms with Gasteiger partial charge in [0, 0.05) is 11.1 Å². The molecule has 1 heterocycles. The quantitative estimate of drug-likeness (QED) is 0.484. The molecule has 0 spiro atoms. The van der Waals surface area contributed by atoms with Gasteiger partial charge in [0.15, 0.2) is 5.76 Å². The molecule has 0 saturated carbocycles. The van der Waals surface area contributed by atoms with E-state index in [1.54, 1.807) is 43.3 Å². The second-order valence-electron chi connectivity index (χ2n) is 6.58. The largest absolute Gasteiger partial charge is 0.488 e. The number of ketones is 1. The molecule has 0 fully saturated rings. The van der Waals surface area contributed by atoms with Crippen molar-refractivity contribution in [3.8, 4) is 11.5 Å². The molecule has 3 aromatic carbocycles. The number of rotatable bonds is 4. The normalized spacial score (nSPS) is 14.1. The lowest BCUT2D eigenvalue weighted by molar-refractivity contribution is 0.101. The third-order valence-electron chi connectivity index (χ3n) is 4.60. The summed E-state index contributed by atoms with van der Waals surface area (Å²) < 4.78 is 37.8. The van der Waals surface area contributed by atoms with Gasteiger partial charge >= 0.3 is 0 Å². The lowest BCUT2D eigenvalue weighted by Gasteiger charge is -2.12. The zero-order valence-electron chi connectivity index (χ0n) is 15.3. The standard InChI is InChI=1S/C23H15ClF2O3/c1-13-20(28-12-15-4-7-17(26)11-19(15)24)9-8-18-22(27)21(29-23(13)18)10-14-2-5-16(25)6-3-14/h2-11H,12H2,1H3/b21-10-. The van der Waals surface area contributed by atoms with Crippen LogP contribution in [0.4, 0.5) is 8.78 Å². The van der Waals surface area contributed by atoms with Crippen molar-refractivity contribution in [3.63, 3.8) is 0 Å². The summed E-state index contributed by atoms with van der Waals surface area (Å²) in [6.07, 6.45) is 1.57. The summed E-state index contributed by atoms with van der Waals surface area (Å²) in [6.45, 7) is 1.93. The first-order valence-corrected chi connectivity index (χ1v) is 9.20. The zero-order valence-corrected chi connectivity index (χ0v) is 16.1. The number of Topliss-reactive ketones (excluding diaryl/α,β-unsaturated/α-hetero) is 1. The molecule has 0 saturated heterocycles. The van der Waals surface area contributed by atoms with E-state index < -0.39 is 5.82 Å². The van der Waals surface area contributed by atoms with Crippen LogP contribution in [0.15, 0.2) is 60.4 Å². The van der Waals surface area contributed by atoms with E-state index in [0.717, 1.165) is 0 Å². The second kappa shape index (κ2) is 7.68. The summed E-state index contributed by atoms with van der Waals surface area (Å²) in [6, 6.07) is 13.2. The second-order valence-corrected chi connectivity index (χ2v) is 6.99. The van der Waals surface area contributed by atoms with Crippen LogP contribution in [0.2, 0.25) is 5.02 Å². The number of carbonyl (C=O) groups is 1. The van der Waals surface area contributed by atoms with E-state index in [0.29, 0.717) is 33.8 Å². The molecule has 4 rings (SSSR count). The van der Waals surface area contributed by atoms with Gasteiger partial charge in [-0.15, -0.1) is 0 Å². The number of fused-ring (bicyclic) bond motifs is 1. The molecule has 1 aliphatic rings. The smallest absolute Gasteiger partial charge is 0.231 e. The van der Waals surface area contributed by atoms with Crippen LogP contribution in [0.1, 0.15) is 27.0 Å². The monoisotopic (exact) mass is 412 g/mol. The van der Waals surface area contributed by atoms with Crippen LogP contribution in [-0.2, 0) is 6.61 Å². The fourth-order valence-electron chi connectivity index (χ4n) is 3.03. The third-order valence-corrected chi connectivity index (χ3v) is 4.95. The number of halogens is 3. The Bertz CT molecular complexity index is 1140. The molecule has 29 heavy (non-hydrogen) atoms. The maximum atomic E-state index is 13.2. The molecule has 3 aromatic rings. The minimum Gasteiger partial charge on any atom is -0.488 e. The Balaban J connectivity index is 1.57. The van der Waals surface area contributed by atoms with Crippen molar-refractivity contribution in [2.24, 2.45) is 0 Å². The summed E-state index contributed by atoms with van der Waals surface area (Å²) in [5.74, 6) is 0.0906. The van der Waals surface area contributed by atoms with Gasteiger partial charge < -0.3 is 9.47 Å². The van der Waals surface area contributed by atoms with Gasteiger partial charge in [0.2, 0.25) is 5.78 Å². The fourth-order valence-corrected chi connectivity index (χ4v) is 3.25. The highest BCUT2D eigenvalue weighted by Crippen LogP contribution is 2.39. The molecular weight excluding hydrogens is 398 g/mol. The lowest BCUT2D eigenvalue weighted by Crippen LogP contribution is -1.99. The number of hydrogen-bond donors (Lipinski definition) is 0. The molecule has 0 unspecified atom stereocenters. The number of benzene rings is 3. The van der Waals surface area contributed by atoms with Crippen LogP contribution < -0.4 is 9.47 Å². The highest BCUT2D eigenvalue weighted by molar-refractivity contribution is 6.31. The summed E-state index contributed by atoms with van der Waals surface area (Å²) >= 11 is 6.03. The summed E-state index contributed by atoms with van der Waals surface area (Å²) in [5.41, 5.74) is 2.39. The topological polar surface area (TPSA) is 35.5 Å². The molecule has 0 N–H and O–H groups in total. The highest BCUT2D eigenvalue weighted by atomic mass is 35.5. The zero-order chi connectivity index (χ0) is 20.5. The Morgan fingerprint density at radius 2 is 1.76 bits per heavy atom. The van der Waals surface area contributed by atoms with Gasteiger partial charge in [0.1, 0.15) is 29.7 Å². The summed E-state index contributed by atoms with van der Waals surface area (Å²) in [5, 5.41) is 0.278. The minimum absolute atomic E-state index is 0.144. The first-order chi connectivity index (χ1) is 13.9. The van der Waals surface area contributed by atoms with Crippen molar-refractivity contribution in [3.05, 3.63) is 99.3 Å². The Kier molecular flexibility index (Phi) is 5.07. The molecule has 0 radical (unpaired) electrons. The van der Waals surface area contributed by atoms with E-state index in [9.17, 15) is 13.6 Å². The highest BCUT2D eigenvalue weighted by Gasteiger charge is 2.30. The third kappa shape index (κ3) is 3.87. The van der Waals surface area contributed by atoms with Crippen molar-refractivity contribution >= 4 is 23.5 Å². The van der Waals surface area contributed by atoms with Crippen LogP contribution in [0.25, 0.3) is 6.08 Å². The summed E-state index contributed by atoms with van der Waals surface area (Å²) in [7, 11) is 0. The Labute approximate surface area is 171 Å². The average Bonchev–Trinajstić information content (AvgIpc) is 3.01. The first-order valence-electron chi connectivity index (χ1n) is 8.82. The van der Waals surface area contributed by atoms with E-state index in [1.165, 1.54) is 24.3 Å². The van der Waals surface area contributed by atoms with Crippen molar-refractivity contribution < 1.29 is 23.0 Å². The van der Waals surface area contributed by atoms with Crippen LogP contribution in [0.5, 0.6) is 11.5 Å². The van der Waals surface area contributed by atoms with Gasteiger partial charge in [-0.1, -0.05) is 29.8 Å². The molecule has 6 heteroatoms. The molecule has 0 amide bonds. The molecule has 0 aromatic heterocycles. The SMILES string of the molecule is Cc1c(OCc2ccc(F)cc2Cl)ccc2c1O/C(=C\c1ccc(F)cc1)C2=O. The van der Waals surface area contributed by atoms with E-state index >= 15 is 0 Å². The maximum Gasteiger partial charge on any atom is 0.231 e. The van der Waals surface area contributed by atoms with Gasteiger partial charge in [-0.05, 0) is 55.0 Å². The molecule has 0 aliphatic carbocycles. The van der Waals surface area contributed by atoms with Crippen LogP contribution in [0, 0.1) is 18.6 Å². The Hall–Kier alpha value is -3.18. The van der Waals surface area contributed by atoms with E-state index in [-0.39, 0.29) is 29.0 Å². The van der Waals surface area contributed by atoms with E-state index in [4.69, 9.17) is 21.1 Å². The predicted molar refractivity (Wildman–Crippen MR) is 106 cm³/mol. The summed E-state index contributed by atoms with van der Waals surface area (Å²) in [4.78, 5) is 12.6. The van der Waals surface area contributed by atoms with Gasteiger partial charge in [-0.3, -0.25) is 4.79 Å². The van der Waals surface area contributed by atoms with Crippen LogP contribution >= 0.6 is 11.6 Å². The maximum absolute atomic E-state index is 13.2. The minimum atomic E-state index is -0.417. The van der Waals surface area contributed by atoms with Crippen molar-refractivity contribution in [1.29, 1.82) is 0 Å². The first kappa shape index (κ1) is 19.2. The Morgan fingerprint density at radius 1 is 1.03 bits per heavy atom. The van der Waals surface area contributed by atoms with Gasteiger partial charge in [-0.2, -0.15) is 0 Å². The predicted octanol–water partition coefficient (Wildman–Crippen LogP) is 6.12. The fraction of sp³-hybridized carbons (Fsp3) is 0.0870. The van der Waals surface area contributed by atoms with Crippen molar-refractivity contribution in [2.75, 3.05) is 0 Å².